The molecular formula is C25H18O6. The Kier molecular flexibility index (Phi) is 4.18. The molecule has 1 unspecified atom stereocenters. The van der Waals surface area contributed by atoms with E-state index in [4.69, 9.17) is 14.2 Å². The van der Waals surface area contributed by atoms with E-state index in [9.17, 15) is 14.4 Å². The zero-order valence-corrected chi connectivity index (χ0v) is 16.9. The normalized spacial score (nSPS) is 17.8. The van der Waals surface area contributed by atoms with Crippen LogP contribution >= 0.6 is 0 Å². The van der Waals surface area contributed by atoms with Crippen molar-refractivity contribution in [2.45, 2.75) is 25.9 Å². The van der Waals surface area contributed by atoms with Crippen LogP contribution in [0, 0.1) is 0 Å². The smallest absolute Gasteiger partial charge is 0.340 e. The summed E-state index contributed by atoms with van der Waals surface area (Å²) >= 11 is 0. The summed E-state index contributed by atoms with van der Waals surface area (Å²) in [6.07, 6.45) is 0.264. The Hall–Kier alpha value is -3.93. The molecule has 2 aliphatic heterocycles. The van der Waals surface area contributed by atoms with Crippen LogP contribution in [-0.4, -0.2) is 17.7 Å². The third-order valence-corrected chi connectivity index (χ3v) is 5.46. The molecule has 6 heteroatoms. The van der Waals surface area contributed by atoms with Crippen LogP contribution in [0.1, 0.15) is 46.5 Å². The van der Waals surface area contributed by atoms with E-state index >= 15 is 0 Å². The average Bonchev–Trinajstić information content (AvgIpc) is 3.00. The lowest BCUT2D eigenvalue weighted by Gasteiger charge is -2.36. The molecule has 3 aromatic carbocycles. The third kappa shape index (κ3) is 2.91. The van der Waals surface area contributed by atoms with Crippen molar-refractivity contribution in [1.82, 2.24) is 0 Å². The van der Waals surface area contributed by atoms with Crippen LogP contribution in [0.2, 0.25) is 0 Å². The molecule has 0 saturated carbocycles. The highest BCUT2D eigenvalue weighted by atomic mass is 16.6. The molecule has 0 fully saturated rings. The number of hydrogen-bond acceptors (Lipinski definition) is 6. The standard InChI is InChI=1S/C25H18O6/c1-14(26)11-16-7-9-20-22(12-16)30-23-13-17(29-15(2)27)8-10-21(23)25(20)19-6-4-3-5-18(19)24(28)31-25/h3-10,12-13H,11H2,1-2H3. The first-order valence-corrected chi connectivity index (χ1v) is 9.85. The van der Waals surface area contributed by atoms with Gasteiger partial charge in [-0.2, -0.15) is 0 Å². The van der Waals surface area contributed by atoms with Gasteiger partial charge in [0.1, 0.15) is 23.0 Å². The molecule has 0 bridgehead atoms. The number of benzene rings is 3. The molecule has 0 N–H and O–H groups in total. The number of Topliss-reactive ketones (excluding diaryl/α,β-unsaturated/α-hetero) is 1. The SMILES string of the molecule is CC(=O)Cc1ccc2c(c1)Oc1cc(OC(C)=O)ccc1C21OC(=O)c2ccccc21. The summed E-state index contributed by atoms with van der Waals surface area (Å²) in [4.78, 5) is 35.9. The van der Waals surface area contributed by atoms with Crippen molar-refractivity contribution in [2.24, 2.45) is 0 Å². The summed E-state index contributed by atoms with van der Waals surface area (Å²) in [5.74, 6) is 0.369. The van der Waals surface area contributed by atoms with Crippen molar-refractivity contribution in [1.29, 1.82) is 0 Å². The van der Waals surface area contributed by atoms with Gasteiger partial charge in [0.15, 0.2) is 5.60 Å². The number of ether oxygens (including phenoxy) is 3. The first-order chi connectivity index (χ1) is 14.9. The summed E-state index contributed by atoms with van der Waals surface area (Å²) in [6.45, 7) is 2.84. The number of rotatable bonds is 3. The van der Waals surface area contributed by atoms with Gasteiger partial charge < -0.3 is 14.2 Å². The number of fused-ring (bicyclic) bond motifs is 6. The fourth-order valence-corrected chi connectivity index (χ4v) is 4.33. The number of hydrogen-bond donors (Lipinski definition) is 0. The molecule has 1 atom stereocenters. The second kappa shape index (κ2) is 6.80. The van der Waals surface area contributed by atoms with Gasteiger partial charge >= 0.3 is 11.9 Å². The molecular weight excluding hydrogens is 396 g/mol. The summed E-state index contributed by atoms with van der Waals surface area (Å²) in [5.41, 5.74) is 2.10. The lowest BCUT2D eigenvalue weighted by Crippen LogP contribution is -2.33. The predicted molar refractivity (Wildman–Crippen MR) is 110 cm³/mol. The molecule has 0 aliphatic carbocycles. The maximum atomic E-state index is 12.8. The van der Waals surface area contributed by atoms with Gasteiger partial charge in [-0.3, -0.25) is 9.59 Å². The van der Waals surface area contributed by atoms with Crippen LogP contribution in [0.3, 0.4) is 0 Å². The van der Waals surface area contributed by atoms with Crippen LogP contribution in [-0.2, 0) is 26.3 Å². The summed E-state index contributed by atoms with van der Waals surface area (Å²) in [5, 5.41) is 0. The Morgan fingerprint density at radius 3 is 2.35 bits per heavy atom. The van der Waals surface area contributed by atoms with Gasteiger partial charge in [-0.1, -0.05) is 30.3 Å². The van der Waals surface area contributed by atoms with E-state index in [0.717, 1.165) is 5.56 Å². The van der Waals surface area contributed by atoms with Crippen molar-refractivity contribution >= 4 is 17.7 Å². The quantitative estimate of drug-likeness (QED) is 0.469. The highest BCUT2D eigenvalue weighted by molar-refractivity contribution is 5.97. The maximum Gasteiger partial charge on any atom is 0.340 e. The third-order valence-electron chi connectivity index (χ3n) is 5.46. The topological polar surface area (TPSA) is 78.9 Å². The van der Waals surface area contributed by atoms with Gasteiger partial charge in [-0.05, 0) is 36.8 Å². The Morgan fingerprint density at radius 1 is 0.903 bits per heavy atom. The molecule has 0 saturated heterocycles. The minimum absolute atomic E-state index is 0.0284. The van der Waals surface area contributed by atoms with Crippen molar-refractivity contribution in [3.63, 3.8) is 0 Å². The van der Waals surface area contributed by atoms with E-state index in [2.05, 4.69) is 0 Å². The Labute approximate surface area is 178 Å². The van der Waals surface area contributed by atoms with E-state index in [1.54, 1.807) is 36.4 Å². The highest BCUT2D eigenvalue weighted by Gasteiger charge is 2.53. The Balaban J connectivity index is 1.76. The van der Waals surface area contributed by atoms with Crippen molar-refractivity contribution in [2.75, 3.05) is 0 Å². The average molecular weight is 414 g/mol. The van der Waals surface area contributed by atoms with Crippen LogP contribution in [0.15, 0.2) is 60.7 Å². The van der Waals surface area contributed by atoms with Crippen molar-refractivity contribution in [3.8, 4) is 17.2 Å². The van der Waals surface area contributed by atoms with Crippen molar-refractivity contribution in [3.05, 3.63) is 88.5 Å². The van der Waals surface area contributed by atoms with Crippen LogP contribution in [0.5, 0.6) is 17.2 Å². The Morgan fingerprint density at radius 2 is 1.61 bits per heavy atom. The molecule has 5 rings (SSSR count). The molecule has 0 aromatic heterocycles. The zero-order valence-electron chi connectivity index (χ0n) is 16.9. The summed E-state index contributed by atoms with van der Waals surface area (Å²) < 4.78 is 17.4. The number of carbonyl (C=O) groups excluding carboxylic acids is 3. The monoisotopic (exact) mass is 414 g/mol. The van der Waals surface area contributed by atoms with Gasteiger partial charge in [0.25, 0.3) is 0 Å². The largest absolute Gasteiger partial charge is 0.456 e. The van der Waals surface area contributed by atoms with Crippen LogP contribution in [0.25, 0.3) is 0 Å². The number of esters is 2. The molecule has 1 spiro atoms. The van der Waals surface area contributed by atoms with Gasteiger partial charge in [0.05, 0.1) is 5.56 Å². The number of ketones is 1. The predicted octanol–water partition coefficient (Wildman–Crippen LogP) is 4.31. The molecule has 6 nitrogen and oxygen atoms in total. The van der Waals surface area contributed by atoms with Gasteiger partial charge in [0.2, 0.25) is 0 Å². The first-order valence-electron chi connectivity index (χ1n) is 9.85. The van der Waals surface area contributed by atoms with E-state index in [-0.39, 0.29) is 12.2 Å². The zero-order chi connectivity index (χ0) is 21.8. The second-order valence-corrected chi connectivity index (χ2v) is 7.68. The van der Waals surface area contributed by atoms with Crippen molar-refractivity contribution < 1.29 is 28.6 Å². The molecule has 0 radical (unpaired) electrons. The summed E-state index contributed by atoms with van der Waals surface area (Å²) in [6, 6.07) is 17.7. The highest BCUT2D eigenvalue weighted by Crippen LogP contribution is 2.56. The van der Waals surface area contributed by atoms with E-state index < -0.39 is 17.5 Å². The lowest BCUT2D eigenvalue weighted by molar-refractivity contribution is -0.131. The lowest BCUT2D eigenvalue weighted by atomic mass is 9.77. The fraction of sp³-hybridized carbons (Fsp3) is 0.160. The van der Waals surface area contributed by atoms with Crippen LogP contribution < -0.4 is 9.47 Å². The van der Waals surface area contributed by atoms with Gasteiger partial charge in [0, 0.05) is 36.1 Å². The second-order valence-electron chi connectivity index (χ2n) is 7.68. The molecule has 2 aliphatic rings. The van der Waals surface area contributed by atoms with E-state index in [1.807, 2.05) is 24.3 Å². The number of carbonyl (C=O) groups is 3. The minimum Gasteiger partial charge on any atom is -0.456 e. The fourth-order valence-electron chi connectivity index (χ4n) is 4.33. The molecule has 2 heterocycles. The molecule has 3 aromatic rings. The summed E-state index contributed by atoms with van der Waals surface area (Å²) in [7, 11) is 0. The van der Waals surface area contributed by atoms with E-state index in [1.165, 1.54) is 13.8 Å². The maximum absolute atomic E-state index is 12.8. The Bertz CT molecular complexity index is 1210. The minimum atomic E-state index is -1.19. The van der Waals surface area contributed by atoms with Gasteiger partial charge in [-0.15, -0.1) is 0 Å². The first kappa shape index (κ1) is 19.1. The van der Waals surface area contributed by atoms with Gasteiger partial charge in [-0.25, -0.2) is 4.79 Å². The van der Waals surface area contributed by atoms with Crippen LogP contribution in [0.4, 0.5) is 0 Å². The molecule has 154 valence electrons. The molecule has 0 amide bonds. The van der Waals surface area contributed by atoms with E-state index in [0.29, 0.717) is 39.5 Å². The molecule has 31 heavy (non-hydrogen) atoms.